The summed E-state index contributed by atoms with van der Waals surface area (Å²) in [5, 5.41) is 8.95. The highest BCUT2D eigenvalue weighted by atomic mass is 16.3. The summed E-state index contributed by atoms with van der Waals surface area (Å²) in [5.74, 6) is 1.58. The van der Waals surface area contributed by atoms with Gasteiger partial charge in [0.25, 0.3) is 0 Å². The normalized spacial score (nSPS) is 25.4. The van der Waals surface area contributed by atoms with Crippen molar-refractivity contribution in [2.45, 2.75) is 46.0 Å². The zero-order valence-electron chi connectivity index (χ0n) is 10.4. The first kappa shape index (κ1) is 13.0. The minimum absolute atomic E-state index is 0.364. The molecule has 2 nitrogen and oxygen atoms in total. The Balaban J connectivity index is 2.23. The molecule has 1 rings (SSSR count). The van der Waals surface area contributed by atoms with Crippen LogP contribution in [0.5, 0.6) is 0 Å². The Labute approximate surface area is 94.7 Å². The van der Waals surface area contributed by atoms with Crippen LogP contribution < -0.4 is 0 Å². The molecule has 2 atom stereocenters. The second kappa shape index (κ2) is 7.24. The summed E-state index contributed by atoms with van der Waals surface area (Å²) < 4.78 is 0. The van der Waals surface area contributed by atoms with Gasteiger partial charge in [-0.1, -0.05) is 20.3 Å². The van der Waals surface area contributed by atoms with E-state index in [0.717, 1.165) is 18.3 Å². The fourth-order valence-corrected chi connectivity index (χ4v) is 2.76. The van der Waals surface area contributed by atoms with Gasteiger partial charge in [-0.25, -0.2) is 0 Å². The van der Waals surface area contributed by atoms with Crippen LogP contribution in [0.4, 0.5) is 0 Å². The lowest BCUT2D eigenvalue weighted by Gasteiger charge is -2.34. The molecule has 0 spiro atoms. The van der Waals surface area contributed by atoms with E-state index in [-0.39, 0.29) is 0 Å². The van der Waals surface area contributed by atoms with Crippen molar-refractivity contribution in [1.29, 1.82) is 0 Å². The van der Waals surface area contributed by atoms with E-state index in [9.17, 15) is 0 Å². The van der Waals surface area contributed by atoms with E-state index < -0.39 is 0 Å². The van der Waals surface area contributed by atoms with E-state index in [0.29, 0.717) is 6.61 Å². The zero-order valence-corrected chi connectivity index (χ0v) is 10.4. The first-order valence-corrected chi connectivity index (χ1v) is 6.59. The first-order valence-electron chi connectivity index (χ1n) is 6.59. The van der Waals surface area contributed by atoms with Gasteiger partial charge in [-0.3, -0.25) is 0 Å². The number of aliphatic hydroxyl groups excluding tert-OH is 1. The fraction of sp³-hybridized carbons (Fsp3) is 1.00. The molecule has 90 valence electrons. The Kier molecular flexibility index (Phi) is 6.26. The standard InChI is InChI=1S/C13H27NO/c1-3-5-12(2)10-14-8-4-6-13(11-14)7-9-15/h12-13,15H,3-11H2,1-2H3. The summed E-state index contributed by atoms with van der Waals surface area (Å²) >= 11 is 0. The van der Waals surface area contributed by atoms with Gasteiger partial charge in [0.1, 0.15) is 0 Å². The predicted octanol–water partition coefficient (Wildman–Crippen LogP) is 2.52. The average Bonchev–Trinajstić information content (AvgIpc) is 2.19. The van der Waals surface area contributed by atoms with Gasteiger partial charge in [0.2, 0.25) is 0 Å². The van der Waals surface area contributed by atoms with Crippen molar-refractivity contribution in [3.8, 4) is 0 Å². The van der Waals surface area contributed by atoms with Crippen LogP contribution in [-0.2, 0) is 0 Å². The highest BCUT2D eigenvalue weighted by Crippen LogP contribution is 2.20. The third-order valence-corrected chi connectivity index (χ3v) is 3.49. The molecule has 1 aliphatic rings. The molecule has 15 heavy (non-hydrogen) atoms. The summed E-state index contributed by atoms with van der Waals surface area (Å²) in [7, 11) is 0. The third kappa shape index (κ3) is 4.98. The lowest BCUT2D eigenvalue weighted by atomic mass is 9.94. The van der Waals surface area contributed by atoms with Gasteiger partial charge in [-0.15, -0.1) is 0 Å². The van der Waals surface area contributed by atoms with Crippen LogP contribution in [-0.4, -0.2) is 36.2 Å². The van der Waals surface area contributed by atoms with Crippen molar-refractivity contribution in [2.75, 3.05) is 26.2 Å². The average molecular weight is 213 g/mol. The van der Waals surface area contributed by atoms with Crippen LogP contribution in [0.2, 0.25) is 0 Å². The van der Waals surface area contributed by atoms with Crippen molar-refractivity contribution >= 4 is 0 Å². The molecule has 0 radical (unpaired) electrons. The van der Waals surface area contributed by atoms with E-state index in [2.05, 4.69) is 18.7 Å². The van der Waals surface area contributed by atoms with Crippen LogP contribution in [0, 0.1) is 11.8 Å². The van der Waals surface area contributed by atoms with Crippen LogP contribution in [0.25, 0.3) is 0 Å². The number of nitrogens with zero attached hydrogens (tertiary/aromatic N) is 1. The van der Waals surface area contributed by atoms with E-state index in [1.54, 1.807) is 0 Å². The summed E-state index contributed by atoms with van der Waals surface area (Å²) in [6.45, 7) is 8.74. The number of hydrogen-bond donors (Lipinski definition) is 1. The second-order valence-corrected chi connectivity index (χ2v) is 5.17. The zero-order chi connectivity index (χ0) is 11.1. The molecule has 1 saturated heterocycles. The van der Waals surface area contributed by atoms with Crippen LogP contribution in [0.3, 0.4) is 0 Å². The molecule has 0 aromatic rings. The maximum atomic E-state index is 8.95. The molecule has 0 bridgehead atoms. The molecule has 1 N–H and O–H groups in total. The maximum absolute atomic E-state index is 8.95. The maximum Gasteiger partial charge on any atom is 0.0434 e. The minimum atomic E-state index is 0.364. The predicted molar refractivity (Wildman–Crippen MR) is 64.9 cm³/mol. The van der Waals surface area contributed by atoms with Gasteiger partial charge in [-0.05, 0) is 44.1 Å². The molecule has 1 fully saturated rings. The Morgan fingerprint density at radius 3 is 2.93 bits per heavy atom. The highest BCUT2D eigenvalue weighted by molar-refractivity contribution is 4.74. The largest absolute Gasteiger partial charge is 0.396 e. The van der Waals surface area contributed by atoms with Gasteiger partial charge in [0.05, 0.1) is 0 Å². The molecule has 0 saturated carbocycles. The summed E-state index contributed by atoms with van der Waals surface area (Å²) in [5.41, 5.74) is 0. The SMILES string of the molecule is CCCC(C)CN1CCCC(CCO)C1. The van der Waals surface area contributed by atoms with Crippen molar-refractivity contribution in [3.05, 3.63) is 0 Å². The van der Waals surface area contributed by atoms with Gasteiger partial charge in [-0.2, -0.15) is 0 Å². The minimum Gasteiger partial charge on any atom is -0.396 e. The monoisotopic (exact) mass is 213 g/mol. The van der Waals surface area contributed by atoms with Crippen molar-refractivity contribution < 1.29 is 5.11 Å². The molecule has 0 aromatic carbocycles. The molecular formula is C13H27NO. The topological polar surface area (TPSA) is 23.5 Å². The van der Waals surface area contributed by atoms with Gasteiger partial charge in [0.15, 0.2) is 0 Å². The smallest absolute Gasteiger partial charge is 0.0434 e. The molecule has 2 heteroatoms. The van der Waals surface area contributed by atoms with E-state index in [1.165, 1.54) is 45.3 Å². The summed E-state index contributed by atoms with van der Waals surface area (Å²) in [6, 6.07) is 0. The molecule has 0 amide bonds. The summed E-state index contributed by atoms with van der Waals surface area (Å²) in [4.78, 5) is 2.60. The third-order valence-electron chi connectivity index (χ3n) is 3.49. The fourth-order valence-electron chi connectivity index (χ4n) is 2.76. The number of rotatable bonds is 6. The number of piperidine rings is 1. The van der Waals surface area contributed by atoms with Crippen LogP contribution in [0.1, 0.15) is 46.0 Å². The van der Waals surface area contributed by atoms with Gasteiger partial charge < -0.3 is 10.0 Å². The lowest BCUT2D eigenvalue weighted by molar-refractivity contribution is 0.132. The Bertz CT molecular complexity index is 157. The Morgan fingerprint density at radius 1 is 1.47 bits per heavy atom. The molecule has 0 aromatic heterocycles. The van der Waals surface area contributed by atoms with Crippen molar-refractivity contribution in [1.82, 2.24) is 4.90 Å². The first-order chi connectivity index (χ1) is 7.26. The van der Waals surface area contributed by atoms with E-state index in [1.807, 2.05) is 0 Å². The van der Waals surface area contributed by atoms with Gasteiger partial charge in [0, 0.05) is 19.7 Å². The second-order valence-electron chi connectivity index (χ2n) is 5.17. The van der Waals surface area contributed by atoms with Gasteiger partial charge >= 0.3 is 0 Å². The molecule has 0 aliphatic carbocycles. The van der Waals surface area contributed by atoms with E-state index in [4.69, 9.17) is 5.11 Å². The highest BCUT2D eigenvalue weighted by Gasteiger charge is 2.20. The molecular weight excluding hydrogens is 186 g/mol. The quantitative estimate of drug-likeness (QED) is 0.733. The number of likely N-dealkylation sites (tertiary alicyclic amines) is 1. The van der Waals surface area contributed by atoms with E-state index >= 15 is 0 Å². The number of hydrogen-bond acceptors (Lipinski definition) is 2. The Morgan fingerprint density at radius 2 is 2.27 bits per heavy atom. The van der Waals surface area contributed by atoms with Crippen LogP contribution >= 0.6 is 0 Å². The lowest BCUT2D eigenvalue weighted by Crippen LogP contribution is -2.38. The van der Waals surface area contributed by atoms with Crippen molar-refractivity contribution in [3.63, 3.8) is 0 Å². The molecule has 1 heterocycles. The molecule has 2 unspecified atom stereocenters. The molecule has 1 aliphatic heterocycles. The van der Waals surface area contributed by atoms with Crippen LogP contribution in [0.15, 0.2) is 0 Å². The summed E-state index contributed by atoms with van der Waals surface area (Å²) in [6.07, 6.45) is 6.29. The van der Waals surface area contributed by atoms with Crippen molar-refractivity contribution in [2.24, 2.45) is 11.8 Å². The Hall–Kier alpha value is -0.0800. The number of aliphatic hydroxyl groups is 1.